The average molecular weight is 348 g/mol. The van der Waals surface area contributed by atoms with E-state index in [2.05, 4.69) is 17.1 Å². The lowest BCUT2D eigenvalue weighted by atomic mass is 9.98. The monoisotopic (exact) mass is 348 g/mol. The number of benzene rings is 1. The van der Waals surface area contributed by atoms with Gasteiger partial charge in [0.05, 0.1) is 6.57 Å². The zero-order valence-electron chi connectivity index (χ0n) is 14.4. The Morgan fingerprint density at radius 3 is 2.38 bits per heavy atom. The van der Waals surface area contributed by atoms with Gasteiger partial charge in [0.25, 0.3) is 5.03 Å². The third-order valence-corrected chi connectivity index (χ3v) is 4.70. The molecule has 5 nitrogen and oxygen atoms in total. The lowest BCUT2D eigenvalue weighted by Crippen LogP contribution is -2.22. The number of rotatable bonds is 8. The molecular weight excluding hydrogens is 324 g/mol. The van der Waals surface area contributed by atoms with Gasteiger partial charge in [0.1, 0.15) is 0 Å². The molecule has 1 aromatic rings. The van der Waals surface area contributed by atoms with Crippen LogP contribution in [0.2, 0.25) is 0 Å². The van der Waals surface area contributed by atoms with Crippen LogP contribution in [0.3, 0.4) is 0 Å². The maximum Gasteiger partial charge on any atom is 0.278 e. The minimum absolute atomic E-state index is 0.00322. The van der Waals surface area contributed by atoms with Crippen molar-refractivity contribution in [3.05, 3.63) is 46.3 Å². The molecule has 6 heteroatoms. The van der Waals surface area contributed by atoms with Crippen LogP contribution in [-0.2, 0) is 14.6 Å². The highest BCUT2D eigenvalue weighted by molar-refractivity contribution is 7.94. The largest absolute Gasteiger partial charge is 0.326 e. The second kappa shape index (κ2) is 9.24. The van der Waals surface area contributed by atoms with Crippen molar-refractivity contribution < 1.29 is 13.2 Å². The number of hydrogen-bond acceptors (Lipinski definition) is 3. The second-order valence-corrected chi connectivity index (χ2v) is 7.69. The summed E-state index contributed by atoms with van der Waals surface area (Å²) in [5.41, 5.74) is 1.26. The molecule has 1 N–H and O–H groups in total. The number of carbonyl (C=O) groups is 1. The van der Waals surface area contributed by atoms with Crippen LogP contribution in [0, 0.1) is 12.5 Å². The van der Waals surface area contributed by atoms with E-state index in [-0.39, 0.29) is 16.9 Å². The molecular formula is C18H24N2O3S. The van der Waals surface area contributed by atoms with Gasteiger partial charge in [0, 0.05) is 17.9 Å². The van der Waals surface area contributed by atoms with Crippen molar-refractivity contribution in [2.24, 2.45) is 5.92 Å². The lowest BCUT2D eigenvalue weighted by molar-refractivity contribution is -0.120. The molecule has 1 unspecified atom stereocenters. The van der Waals surface area contributed by atoms with Gasteiger partial charge in [-0.15, -0.1) is 0 Å². The minimum Gasteiger partial charge on any atom is -0.326 e. The van der Waals surface area contributed by atoms with Crippen LogP contribution in [0.4, 0.5) is 5.69 Å². The molecule has 1 atom stereocenters. The van der Waals surface area contributed by atoms with Crippen molar-refractivity contribution in [2.45, 2.75) is 39.5 Å². The van der Waals surface area contributed by atoms with Gasteiger partial charge in [-0.2, -0.15) is 0 Å². The molecule has 0 fully saturated rings. The molecule has 130 valence electrons. The van der Waals surface area contributed by atoms with E-state index in [9.17, 15) is 13.2 Å². The first kappa shape index (κ1) is 19.9. The maximum atomic E-state index is 12.2. The van der Waals surface area contributed by atoms with E-state index in [1.54, 1.807) is 24.3 Å². The quantitative estimate of drug-likeness (QED) is 0.719. The number of anilines is 1. The summed E-state index contributed by atoms with van der Waals surface area (Å²) in [5, 5.41) is 2.59. The molecule has 0 radical (unpaired) electrons. The topological polar surface area (TPSA) is 67.6 Å². The van der Waals surface area contributed by atoms with Crippen molar-refractivity contribution in [1.29, 1.82) is 0 Å². The number of sulfone groups is 1. The van der Waals surface area contributed by atoms with Crippen LogP contribution in [0.1, 0.15) is 45.1 Å². The van der Waals surface area contributed by atoms with E-state index >= 15 is 0 Å². The van der Waals surface area contributed by atoms with Gasteiger partial charge in [0.15, 0.2) is 9.84 Å². The van der Waals surface area contributed by atoms with Gasteiger partial charge in [-0.1, -0.05) is 38.8 Å². The van der Waals surface area contributed by atoms with Crippen molar-refractivity contribution >= 4 is 27.5 Å². The third kappa shape index (κ3) is 6.17. The highest BCUT2D eigenvalue weighted by Crippen LogP contribution is 2.18. The molecule has 0 spiro atoms. The van der Waals surface area contributed by atoms with Gasteiger partial charge in [-0.25, -0.2) is 13.3 Å². The Kier molecular flexibility index (Phi) is 7.66. The van der Waals surface area contributed by atoms with Crippen LogP contribution in [0.15, 0.2) is 29.3 Å². The van der Waals surface area contributed by atoms with Crippen LogP contribution in [-0.4, -0.2) is 20.6 Å². The minimum atomic E-state index is -3.53. The maximum absolute atomic E-state index is 12.2. The Morgan fingerprint density at radius 1 is 1.29 bits per heavy atom. The fourth-order valence-electron chi connectivity index (χ4n) is 2.24. The van der Waals surface area contributed by atoms with Crippen molar-refractivity contribution in [3.63, 3.8) is 0 Å². The van der Waals surface area contributed by atoms with Crippen molar-refractivity contribution in [3.8, 4) is 0 Å². The van der Waals surface area contributed by atoms with Crippen molar-refractivity contribution in [1.82, 2.24) is 0 Å². The fraction of sp³-hybridized carbons (Fsp3) is 0.444. The number of hydrogen-bond donors (Lipinski definition) is 1. The molecule has 0 heterocycles. The van der Waals surface area contributed by atoms with Crippen molar-refractivity contribution in [2.75, 3.05) is 11.6 Å². The van der Waals surface area contributed by atoms with E-state index in [1.807, 2.05) is 6.92 Å². The molecule has 0 aliphatic rings. The van der Waals surface area contributed by atoms with Gasteiger partial charge < -0.3 is 5.32 Å². The summed E-state index contributed by atoms with van der Waals surface area (Å²) in [6, 6.07) is 6.78. The van der Waals surface area contributed by atoms with Gasteiger partial charge in [0.2, 0.25) is 5.91 Å². The number of nitrogens with one attached hydrogen (secondary N) is 1. The number of carbonyl (C=O) groups excluding carboxylic acids is 1. The molecule has 0 bridgehead atoms. The molecule has 0 saturated carbocycles. The number of nitrogens with zero attached hydrogens (tertiary/aromatic N) is 1. The van der Waals surface area contributed by atoms with E-state index in [0.717, 1.165) is 31.9 Å². The van der Waals surface area contributed by atoms with E-state index in [1.165, 1.54) is 6.08 Å². The van der Waals surface area contributed by atoms with E-state index < -0.39 is 9.84 Å². The summed E-state index contributed by atoms with van der Waals surface area (Å²) in [6.07, 6.45) is 6.10. The van der Waals surface area contributed by atoms with Crippen LogP contribution >= 0.6 is 0 Å². The SMILES string of the molecule is [C-]#[N+]C(=Cc1ccc(NC(=O)C(CC)CCCC)cc1)S(C)(=O)=O. The number of unbranched alkanes of at least 4 members (excludes halogenated alkanes) is 1. The summed E-state index contributed by atoms with van der Waals surface area (Å²) < 4.78 is 22.9. The molecule has 1 aromatic carbocycles. The molecule has 1 amide bonds. The number of amides is 1. The van der Waals surface area contributed by atoms with E-state index in [4.69, 9.17) is 6.57 Å². The fourth-order valence-corrected chi connectivity index (χ4v) is 2.76. The predicted molar refractivity (Wildman–Crippen MR) is 97.8 cm³/mol. The Balaban J connectivity index is 2.83. The smallest absolute Gasteiger partial charge is 0.278 e. The van der Waals surface area contributed by atoms with Crippen LogP contribution < -0.4 is 5.32 Å². The first-order chi connectivity index (χ1) is 11.3. The molecule has 24 heavy (non-hydrogen) atoms. The zero-order valence-corrected chi connectivity index (χ0v) is 15.2. The summed E-state index contributed by atoms with van der Waals surface area (Å²) in [4.78, 5) is 15.3. The summed E-state index contributed by atoms with van der Waals surface area (Å²) in [5.74, 6) is 0.00991. The summed E-state index contributed by atoms with van der Waals surface area (Å²) in [7, 11) is -3.53. The Hall–Kier alpha value is -2.13. The normalized spacial score (nSPS) is 13.2. The summed E-state index contributed by atoms with van der Waals surface area (Å²) >= 11 is 0. The molecule has 0 aliphatic heterocycles. The first-order valence-electron chi connectivity index (χ1n) is 8.02. The van der Waals surface area contributed by atoms with Crippen LogP contribution in [0.5, 0.6) is 0 Å². The Bertz CT molecular complexity index is 729. The highest BCUT2D eigenvalue weighted by Gasteiger charge is 2.16. The zero-order chi connectivity index (χ0) is 18.2. The predicted octanol–water partition coefficient (Wildman–Crippen LogP) is 4.10. The highest BCUT2D eigenvalue weighted by atomic mass is 32.2. The average Bonchev–Trinajstić information content (AvgIpc) is 2.53. The summed E-state index contributed by atoms with van der Waals surface area (Å²) in [6.45, 7) is 11.1. The third-order valence-electron chi connectivity index (χ3n) is 3.73. The molecule has 0 aromatic heterocycles. The molecule has 1 rings (SSSR count). The van der Waals surface area contributed by atoms with Crippen LogP contribution in [0.25, 0.3) is 10.9 Å². The van der Waals surface area contributed by atoms with Gasteiger partial charge >= 0.3 is 0 Å². The van der Waals surface area contributed by atoms with E-state index in [0.29, 0.717) is 11.3 Å². The standard InChI is InChI=1S/C18H24N2O3S/c1-5-7-8-15(6-2)18(21)20-16-11-9-14(10-12-16)13-17(19-3)24(4,22)23/h9-13,15H,5-8H2,1-2,4H3,(H,20,21). The van der Waals surface area contributed by atoms with Gasteiger partial charge in [-0.05, 0) is 36.6 Å². The first-order valence-corrected chi connectivity index (χ1v) is 9.91. The molecule has 0 aliphatic carbocycles. The Morgan fingerprint density at radius 2 is 1.92 bits per heavy atom. The Labute approximate surface area is 144 Å². The molecule has 0 saturated heterocycles. The lowest BCUT2D eigenvalue weighted by Gasteiger charge is -2.14. The van der Waals surface area contributed by atoms with Gasteiger partial charge in [-0.3, -0.25) is 4.79 Å². The second-order valence-electron chi connectivity index (χ2n) is 5.73.